The molecule has 0 bridgehead atoms. The smallest absolute Gasteiger partial charge is 0.183 e. The molecule has 3 rings (SSSR count). The molecular weight excluding hydrogens is 164 g/mol. The Morgan fingerprint density at radius 1 is 1.46 bits per heavy atom. The Bertz CT molecular complexity index is 505. The van der Waals surface area contributed by atoms with Crippen LogP contribution in [0.4, 0.5) is 0 Å². The zero-order chi connectivity index (χ0) is 8.84. The summed E-state index contributed by atoms with van der Waals surface area (Å²) in [6.07, 6.45) is 6.41. The molecule has 0 radical (unpaired) electrons. The molecule has 0 spiro atoms. The summed E-state index contributed by atoms with van der Waals surface area (Å²) in [5.41, 5.74) is 2.26. The minimum absolute atomic E-state index is 0.0594. The van der Waals surface area contributed by atoms with E-state index in [4.69, 9.17) is 0 Å². The first-order chi connectivity index (χ1) is 6.34. The van der Waals surface area contributed by atoms with Crippen LogP contribution in [0, 0.1) is 0 Å². The molecule has 3 heteroatoms. The number of nitrogens with zero attached hydrogens (tertiary/aromatic N) is 1. The third kappa shape index (κ3) is 1.00. The predicted octanol–water partition coefficient (Wildman–Crippen LogP) is 1.50. The van der Waals surface area contributed by atoms with Gasteiger partial charge in [0, 0.05) is 36.1 Å². The maximum absolute atomic E-state index is 11.0. The highest BCUT2D eigenvalue weighted by Gasteiger charge is 2.26. The Morgan fingerprint density at radius 3 is 3.08 bits per heavy atom. The van der Waals surface area contributed by atoms with Crippen molar-refractivity contribution >= 4 is 5.65 Å². The number of hydrogen-bond donors (Lipinski definition) is 1. The van der Waals surface area contributed by atoms with Gasteiger partial charge in [-0.05, 0) is 12.8 Å². The normalized spacial score (nSPS) is 16.6. The molecule has 3 nitrogen and oxygen atoms in total. The quantitative estimate of drug-likeness (QED) is 0.699. The molecule has 1 fully saturated rings. The Kier molecular flexibility index (Phi) is 1.20. The van der Waals surface area contributed by atoms with E-state index in [0.717, 1.165) is 5.65 Å². The molecule has 0 amide bonds. The second kappa shape index (κ2) is 2.25. The van der Waals surface area contributed by atoms with Crippen molar-refractivity contribution in [3.05, 3.63) is 40.4 Å². The summed E-state index contributed by atoms with van der Waals surface area (Å²) in [6.45, 7) is 0. The zero-order valence-electron chi connectivity index (χ0n) is 7.16. The minimum Gasteiger partial charge on any atom is -0.346 e. The Morgan fingerprint density at radius 2 is 2.31 bits per heavy atom. The Hall–Kier alpha value is -1.51. The predicted molar refractivity (Wildman–Crippen MR) is 50.0 cm³/mol. The number of nitrogens with one attached hydrogen (secondary N) is 1. The molecule has 2 heterocycles. The van der Waals surface area contributed by atoms with E-state index >= 15 is 0 Å². The lowest BCUT2D eigenvalue weighted by Crippen LogP contribution is -1.99. The van der Waals surface area contributed by atoms with E-state index in [2.05, 4.69) is 9.38 Å². The first-order valence-electron chi connectivity index (χ1n) is 4.54. The van der Waals surface area contributed by atoms with Crippen LogP contribution >= 0.6 is 0 Å². The van der Waals surface area contributed by atoms with Gasteiger partial charge in [0.25, 0.3) is 0 Å². The van der Waals surface area contributed by atoms with Crippen molar-refractivity contribution < 1.29 is 0 Å². The van der Waals surface area contributed by atoms with Crippen LogP contribution in [0.3, 0.4) is 0 Å². The fraction of sp³-hybridized carbons (Fsp3) is 0.300. The summed E-state index contributed by atoms with van der Waals surface area (Å²) in [4.78, 5) is 14.2. The lowest BCUT2D eigenvalue weighted by Gasteiger charge is -1.96. The molecule has 0 aromatic carbocycles. The van der Waals surface area contributed by atoms with Crippen molar-refractivity contribution in [1.29, 1.82) is 0 Å². The summed E-state index contributed by atoms with van der Waals surface area (Å²) in [6, 6.07) is 3.23. The first-order valence-corrected chi connectivity index (χ1v) is 4.54. The van der Waals surface area contributed by atoms with Crippen LogP contribution in [-0.2, 0) is 0 Å². The van der Waals surface area contributed by atoms with E-state index in [0.29, 0.717) is 5.92 Å². The second-order valence-electron chi connectivity index (χ2n) is 3.61. The van der Waals surface area contributed by atoms with Crippen LogP contribution in [0.5, 0.6) is 0 Å². The summed E-state index contributed by atoms with van der Waals surface area (Å²) in [7, 11) is 0. The van der Waals surface area contributed by atoms with Gasteiger partial charge in [-0.1, -0.05) is 0 Å². The third-order valence-electron chi connectivity index (χ3n) is 2.57. The monoisotopic (exact) mass is 174 g/mol. The fourth-order valence-electron chi connectivity index (χ4n) is 1.73. The van der Waals surface area contributed by atoms with Crippen molar-refractivity contribution in [2.24, 2.45) is 0 Å². The molecule has 2 aromatic heterocycles. The fourth-order valence-corrected chi connectivity index (χ4v) is 1.73. The lowest BCUT2D eigenvalue weighted by molar-refractivity contribution is 0.982. The van der Waals surface area contributed by atoms with Gasteiger partial charge in [0.15, 0.2) is 5.43 Å². The largest absolute Gasteiger partial charge is 0.346 e. The minimum atomic E-state index is 0.0594. The zero-order valence-corrected chi connectivity index (χ0v) is 7.16. The highest BCUT2D eigenvalue weighted by atomic mass is 16.1. The lowest BCUT2D eigenvalue weighted by atomic mass is 10.3. The average molecular weight is 174 g/mol. The van der Waals surface area contributed by atoms with E-state index in [1.165, 1.54) is 18.5 Å². The van der Waals surface area contributed by atoms with Crippen LogP contribution in [0.1, 0.15) is 24.5 Å². The van der Waals surface area contributed by atoms with Crippen LogP contribution in [0.25, 0.3) is 5.65 Å². The second-order valence-corrected chi connectivity index (χ2v) is 3.61. The van der Waals surface area contributed by atoms with Gasteiger partial charge in [-0.25, -0.2) is 0 Å². The molecule has 0 aliphatic heterocycles. The van der Waals surface area contributed by atoms with Gasteiger partial charge in [-0.15, -0.1) is 0 Å². The van der Waals surface area contributed by atoms with E-state index in [1.807, 2.05) is 12.4 Å². The van der Waals surface area contributed by atoms with Crippen molar-refractivity contribution in [2.45, 2.75) is 18.8 Å². The van der Waals surface area contributed by atoms with Crippen molar-refractivity contribution in [1.82, 2.24) is 9.38 Å². The molecule has 1 N–H and O–H groups in total. The molecule has 0 unspecified atom stereocenters. The van der Waals surface area contributed by atoms with E-state index in [9.17, 15) is 4.79 Å². The summed E-state index contributed by atoms with van der Waals surface area (Å²) in [5, 5.41) is 0. The summed E-state index contributed by atoms with van der Waals surface area (Å²) in [5.74, 6) is 0.705. The molecule has 1 aliphatic carbocycles. The van der Waals surface area contributed by atoms with Crippen molar-refractivity contribution in [2.75, 3.05) is 0 Å². The maximum Gasteiger partial charge on any atom is 0.183 e. The highest BCUT2D eigenvalue weighted by molar-refractivity contribution is 5.41. The van der Waals surface area contributed by atoms with Crippen LogP contribution in [0.15, 0.2) is 29.3 Å². The molecule has 0 saturated heterocycles. The van der Waals surface area contributed by atoms with E-state index in [-0.39, 0.29) is 5.43 Å². The number of imidazole rings is 1. The van der Waals surface area contributed by atoms with Gasteiger partial charge < -0.3 is 9.38 Å². The van der Waals surface area contributed by atoms with Crippen LogP contribution in [0.2, 0.25) is 0 Å². The topological polar surface area (TPSA) is 37.3 Å². The number of rotatable bonds is 1. The molecule has 66 valence electrons. The molecule has 2 aromatic rings. The number of pyridine rings is 1. The third-order valence-corrected chi connectivity index (χ3v) is 2.57. The molecule has 0 atom stereocenters. The Balaban J connectivity index is 2.32. The van der Waals surface area contributed by atoms with Gasteiger partial charge in [0.05, 0.1) is 0 Å². The number of H-pyrrole nitrogens is 1. The summed E-state index contributed by atoms with van der Waals surface area (Å²) < 4.78 is 2.07. The van der Waals surface area contributed by atoms with Crippen LogP contribution < -0.4 is 5.43 Å². The van der Waals surface area contributed by atoms with Gasteiger partial charge in [0.1, 0.15) is 5.65 Å². The van der Waals surface area contributed by atoms with Crippen molar-refractivity contribution in [3.8, 4) is 0 Å². The van der Waals surface area contributed by atoms with Gasteiger partial charge in [-0.2, -0.15) is 0 Å². The number of aromatic amines is 1. The molecule has 1 saturated carbocycles. The number of fused-ring (bicyclic) bond motifs is 1. The first kappa shape index (κ1) is 6.95. The van der Waals surface area contributed by atoms with Gasteiger partial charge in [0.2, 0.25) is 0 Å². The SMILES string of the molecule is O=c1ccn2c(C3CC3)c[nH]c2c1. The van der Waals surface area contributed by atoms with E-state index < -0.39 is 0 Å². The van der Waals surface area contributed by atoms with E-state index in [1.54, 1.807) is 12.1 Å². The Labute approximate surface area is 75.0 Å². The number of aromatic nitrogens is 2. The number of hydrogen-bond acceptors (Lipinski definition) is 1. The summed E-state index contributed by atoms with van der Waals surface area (Å²) >= 11 is 0. The molecule has 1 aliphatic rings. The standard InChI is InChI=1S/C10H10N2O/c13-8-3-4-12-9(7-1-2-7)6-11-10(12)5-8/h3-7,11H,1-2H2. The van der Waals surface area contributed by atoms with Gasteiger partial charge in [-0.3, -0.25) is 4.79 Å². The highest BCUT2D eigenvalue weighted by Crippen LogP contribution is 2.39. The maximum atomic E-state index is 11.0. The van der Waals surface area contributed by atoms with Crippen molar-refractivity contribution in [3.63, 3.8) is 0 Å². The van der Waals surface area contributed by atoms with Gasteiger partial charge >= 0.3 is 0 Å². The molecular formula is C10H10N2O. The molecule has 13 heavy (non-hydrogen) atoms. The average Bonchev–Trinajstić information content (AvgIpc) is 2.87. The van der Waals surface area contributed by atoms with Crippen LogP contribution in [-0.4, -0.2) is 9.38 Å².